The molecule has 1 aromatic rings. The van der Waals surface area contributed by atoms with Crippen LogP contribution in [-0.4, -0.2) is 28.9 Å². The van der Waals surface area contributed by atoms with E-state index in [1.807, 2.05) is 0 Å². The number of hydrogen-bond acceptors (Lipinski definition) is 0. The topological polar surface area (TPSA) is 0 Å². The molecule has 0 aliphatic rings. The van der Waals surface area contributed by atoms with E-state index in [9.17, 15) is 0 Å². The van der Waals surface area contributed by atoms with Crippen molar-refractivity contribution < 1.29 is 16.9 Å². The first-order valence-corrected chi connectivity index (χ1v) is 7.60. The third-order valence-corrected chi connectivity index (χ3v) is 4.67. The van der Waals surface area contributed by atoms with Gasteiger partial charge in [0.05, 0.1) is 24.5 Å². The van der Waals surface area contributed by atoms with E-state index in [-0.39, 0.29) is 12.4 Å². The predicted octanol–water partition coefficient (Wildman–Crippen LogP) is 1.22. The van der Waals surface area contributed by atoms with Gasteiger partial charge in [-0.1, -0.05) is 53.2 Å². The van der Waals surface area contributed by atoms with Gasteiger partial charge in [-0.2, -0.15) is 0 Å². The molecular weight excluding hydrogens is 310 g/mol. The number of benzene rings is 1. The van der Waals surface area contributed by atoms with E-state index in [1.54, 1.807) is 0 Å². The molecule has 0 aromatic heterocycles. The van der Waals surface area contributed by atoms with Gasteiger partial charge in [0.1, 0.15) is 6.54 Å². The van der Waals surface area contributed by atoms with Crippen molar-refractivity contribution in [1.82, 2.24) is 0 Å². The number of quaternary nitrogens is 1. The highest BCUT2D eigenvalue weighted by atomic mass is 79.9. The van der Waals surface area contributed by atoms with Crippen molar-refractivity contribution >= 4 is 15.9 Å². The van der Waals surface area contributed by atoms with Crippen LogP contribution in [0.15, 0.2) is 30.3 Å². The monoisotopic (exact) mass is 333 g/mol. The minimum Gasteiger partial charge on any atom is -1.00 e. The zero-order valence-electron chi connectivity index (χ0n) is 11.7. The summed E-state index contributed by atoms with van der Waals surface area (Å²) >= 11 is 3.79. The molecule has 0 fully saturated rings. The summed E-state index contributed by atoms with van der Waals surface area (Å²) in [5.41, 5.74) is 1.45. The van der Waals surface area contributed by atoms with E-state index in [1.165, 1.54) is 36.1 Å². The average Bonchev–Trinajstić information content (AvgIpc) is 2.39. The fourth-order valence-corrected chi connectivity index (χ4v) is 2.90. The molecule has 104 valence electrons. The summed E-state index contributed by atoms with van der Waals surface area (Å²) in [5, 5.41) is 0. The number of nitrogens with zero attached hydrogens (tertiary/aromatic N) is 1. The van der Waals surface area contributed by atoms with Gasteiger partial charge >= 0.3 is 0 Å². The first-order valence-electron chi connectivity index (χ1n) is 6.69. The molecule has 0 N–H and O–H groups in total. The lowest BCUT2D eigenvalue weighted by Gasteiger charge is -2.38. The van der Waals surface area contributed by atoms with E-state index < -0.39 is 0 Å². The zero-order chi connectivity index (χ0) is 12.7. The molecule has 0 aliphatic heterocycles. The Bertz CT molecular complexity index is 312. The molecule has 0 aliphatic carbocycles. The largest absolute Gasteiger partial charge is 1.00 e. The Morgan fingerprint density at radius 1 is 1.06 bits per heavy atom. The second-order valence-electron chi connectivity index (χ2n) is 4.81. The van der Waals surface area contributed by atoms with Crippen LogP contribution >= 0.6 is 15.9 Å². The molecule has 0 saturated heterocycles. The molecule has 0 heterocycles. The molecule has 1 nitrogen and oxygen atoms in total. The minimum atomic E-state index is 0. The Balaban J connectivity index is 0.00000289. The van der Waals surface area contributed by atoms with Gasteiger partial charge in [-0.15, -0.1) is 0 Å². The summed E-state index contributed by atoms with van der Waals surface area (Å²) in [6.07, 6.45) is 1.20. The lowest BCUT2D eigenvalue weighted by Crippen LogP contribution is -3.00. The maximum Gasteiger partial charge on any atom is 0.104 e. The summed E-state index contributed by atoms with van der Waals surface area (Å²) in [6.45, 7) is 11.6. The van der Waals surface area contributed by atoms with Gasteiger partial charge in [-0.05, 0) is 20.3 Å². The van der Waals surface area contributed by atoms with Gasteiger partial charge in [-0.3, -0.25) is 0 Å². The maximum absolute atomic E-state index is 3.79. The maximum atomic E-state index is 3.79. The van der Waals surface area contributed by atoms with Gasteiger partial charge in [-0.25, -0.2) is 0 Å². The van der Waals surface area contributed by atoms with Crippen LogP contribution in [-0.2, 0) is 6.54 Å². The number of alkyl halides is 1. The normalized spacial score (nSPS) is 12.9. The molecule has 1 unspecified atom stereocenters. The SMILES string of the molecule is CCC(Br)C[N+](CC)(CC)Cc1ccccc1.[Cl-]. The van der Waals surface area contributed by atoms with Gasteiger partial charge in [0.2, 0.25) is 0 Å². The number of rotatable bonds is 7. The molecule has 0 radical (unpaired) electrons. The first-order chi connectivity index (χ1) is 8.15. The second-order valence-corrected chi connectivity index (χ2v) is 6.10. The fraction of sp³-hybridized carbons (Fsp3) is 0.600. The molecule has 0 saturated carbocycles. The summed E-state index contributed by atoms with van der Waals surface area (Å²) in [7, 11) is 0. The lowest BCUT2D eigenvalue weighted by molar-refractivity contribution is -0.937. The summed E-state index contributed by atoms with van der Waals surface area (Å²) in [6, 6.07) is 10.9. The summed E-state index contributed by atoms with van der Waals surface area (Å²) < 4.78 is 1.17. The highest BCUT2D eigenvalue weighted by molar-refractivity contribution is 9.09. The summed E-state index contributed by atoms with van der Waals surface area (Å²) in [5.74, 6) is 0. The molecule has 0 amide bonds. The molecule has 3 heteroatoms. The second kappa shape index (κ2) is 8.95. The van der Waals surface area contributed by atoms with Crippen molar-refractivity contribution in [2.24, 2.45) is 0 Å². The van der Waals surface area contributed by atoms with Crippen molar-refractivity contribution in [2.45, 2.75) is 38.6 Å². The Morgan fingerprint density at radius 3 is 2.06 bits per heavy atom. The van der Waals surface area contributed by atoms with Gasteiger partial charge in [0.15, 0.2) is 0 Å². The first kappa shape index (κ1) is 17.9. The van der Waals surface area contributed by atoms with E-state index in [2.05, 4.69) is 67.0 Å². The molecule has 1 aromatic carbocycles. The number of halogens is 2. The van der Waals surface area contributed by atoms with E-state index in [0.29, 0.717) is 4.83 Å². The smallest absolute Gasteiger partial charge is 0.104 e. The van der Waals surface area contributed by atoms with Crippen LogP contribution < -0.4 is 12.4 Å². The molecule has 0 bridgehead atoms. The van der Waals surface area contributed by atoms with Crippen LogP contribution in [0, 0.1) is 0 Å². The molecule has 18 heavy (non-hydrogen) atoms. The average molecular weight is 335 g/mol. The van der Waals surface area contributed by atoms with Crippen molar-refractivity contribution in [2.75, 3.05) is 19.6 Å². The van der Waals surface area contributed by atoms with Gasteiger partial charge in [0.25, 0.3) is 0 Å². The Kier molecular flexibility index (Phi) is 8.93. The van der Waals surface area contributed by atoms with Crippen molar-refractivity contribution in [3.63, 3.8) is 0 Å². The van der Waals surface area contributed by atoms with Crippen molar-refractivity contribution in [3.05, 3.63) is 35.9 Å². The van der Waals surface area contributed by atoms with E-state index in [4.69, 9.17) is 0 Å². The lowest BCUT2D eigenvalue weighted by atomic mass is 10.1. The molecular formula is C15H25BrClN. The van der Waals surface area contributed by atoms with Gasteiger partial charge < -0.3 is 16.9 Å². The number of hydrogen-bond donors (Lipinski definition) is 0. The third kappa shape index (κ3) is 5.29. The standard InChI is InChI=1S/C15H25BrN.ClH/c1-4-15(16)13-17(5-2,6-3)12-14-10-8-7-9-11-14;/h7-11,15H,4-6,12-13H2,1-3H3;1H/q+1;/p-1. The van der Waals surface area contributed by atoms with Crippen LogP contribution in [0.3, 0.4) is 0 Å². The zero-order valence-corrected chi connectivity index (χ0v) is 14.0. The third-order valence-electron chi connectivity index (χ3n) is 3.73. The molecule has 0 spiro atoms. The van der Waals surface area contributed by atoms with Crippen molar-refractivity contribution in [1.29, 1.82) is 0 Å². The Morgan fingerprint density at radius 2 is 1.61 bits per heavy atom. The van der Waals surface area contributed by atoms with Crippen LogP contribution in [0.25, 0.3) is 0 Å². The van der Waals surface area contributed by atoms with Crippen LogP contribution in [0.5, 0.6) is 0 Å². The quantitative estimate of drug-likeness (QED) is 0.519. The van der Waals surface area contributed by atoms with Gasteiger partial charge in [0, 0.05) is 5.56 Å². The Labute approximate surface area is 127 Å². The van der Waals surface area contributed by atoms with E-state index in [0.717, 1.165) is 6.54 Å². The van der Waals surface area contributed by atoms with Crippen LogP contribution in [0.2, 0.25) is 0 Å². The van der Waals surface area contributed by atoms with Crippen molar-refractivity contribution in [3.8, 4) is 0 Å². The highest BCUT2D eigenvalue weighted by Gasteiger charge is 2.26. The van der Waals surface area contributed by atoms with Crippen LogP contribution in [0.4, 0.5) is 0 Å². The molecule has 1 atom stereocenters. The van der Waals surface area contributed by atoms with E-state index >= 15 is 0 Å². The highest BCUT2D eigenvalue weighted by Crippen LogP contribution is 2.19. The van der Waals surface area contributed by atoms with Crippen LogP contribution in [0.1, 0.15) is 32.8 Å². The summed E-state index contributed by atoms with van der Waals surface area (Å²) in [4.78, 5) is 0.631. The predicted molar refractivity (Wildman–Crippen MR) is 79.4 cm³/mol. The fourth-order valence-electron chi connectivity index (χ4n) is 2.29. The Hall–Kier alpha value is -0.0500. The minimum absolute atomic E-state index is 0. The molecule has 1 rings (SSSR count).